The molecule has 0 aromatic rings. The van der Waals surface area contributed by atoms with Crippen LogP contribution in [-0.4, -0.2) is 29.3 Å². The van der Waals surface area contributed by atoms with Gasteiger partial charge in [0, 0.05) is 6.04 Å². The van der Waals surface area contributed by atoms with E-state index in [-0.39, 0.29) is 18.1 Å². The zero-order valence-corrected chi connectivity index (χ0v) is 9.03. The molecule has 1 aliphatic rings. The molecule has 0 aromatic heterocycles. The largest absolute Gasteiger partial charge is 0.481 e. The summed E-state index contributed by atoms with van der Waals surface area (Å²) in [6, 6.07) is -0.0580. The molecule has 0 spiro atoms. The summed E-state index contributed by atoms with van der Waals surface area (Å²) in [4.78, 5) is 21.9. The van der Waals surface area contributed by atoms with Gasteiger partial charge in [-0.1, -0.05) is 0 Å². The van der Waals surface area contributed by atoms with Crippen LogP contribution in [0.1, 0.15) is 33.1 Å². The van der Waals surface area contributed by atoms with E-state index < -0.39 is 12.1 Å². The van der Waals surface area contributed by atoms with E-state index >= 15 is 0 Å². The summed E-state index contributed by atoms with van der Waals surface area (Å²) in [6.45, 7) is 3.54. The lowest BCUT2D eigenvalue weighted by Gasteiger charge is -2.14. The molecule has 1 amide bonds. The minimum atomic E-state index is -0.781. The number of carbonyl (C=O) groups is 2. The second kappa shape index (κ2) is 5.00. The van der Waals surface area contributed by atoms with Gasteiger partial charge in [0.1, 0.15) is 0 Å². The molecule has 1 rings (SSSR count). The average Bonchev–Trinajstić information content (AvgIpc) is 2.50. The number of rotatable bonds is 3. The topological polar surface area (TPSA) is 75.6 Å². The summed E-state index contributed by atoms with van der Waals surface area (Å²) in [5, 5.41) is 11.4. The molecule has 5 heteroatoms. The van der Waals surface area contributed by atoms with Crippen LogP contribution in [0.15, 0.2) is 0 Å². The number of hydrogen-bond acceptors (Lipinski definition) is 3. The number of carboxylic acids is 1. The van der Waals surface area contributed by atoms with Crippen molar-refractivity contribution in [1.82, 2.24) is 5.32 Å². The van der Waals surface area contributed by atoms with Gasteiger partial charge in [-0.05, 0) is 33.1 Å². The molecule has 0 radical (unpaired) electrons. The summed E-state index contributed by atoms with van der Waals surface area (Å²) < 4.78 is 4.91. The van der Waals surface area contributed by atoms with Crippen LogP contribution in [0.25, 0.3) is 0 Å². The lowest BCUT2D eigenvalue weighted by molar-refractivity contribution is -0.141. The molecule has 0 heterocycles. The number of hydrogen-bond donors (Lipinski definition) is 2. The minimum absolute atomic E-state index is 0.0580. The third-order valence-corrected chi connectivity index (χ3v) is 2.45. The van der Waals surface area contributed by atoms with E-state index in [9.17, 15) is 9.59 Å². The maximum absolute atomic E-state index is 11.2. The SMILES string of the molecule is CC(C)OC(=O)N[C@H]1CC[C@@H](C(=O)O)C1. The number of amides is 1. The van der Waals surface area contributed by atoms with Crippen molar-refractivity contribution in [3.8, 4) is 0 Å². The fraction of sp³-hybridized carbons (Fsp3) is 0.800. The van der Waals surface area contributed by atoms with E-state index in [0.29, 0.717) is 19.3 Å². The summed E-state index contributed by atoms with van der Waals surface area (Å²) in [5.74, 6) is -1.11. The van der Waals surface area contributed by atoms with Crippen LogP contribution in [0.2, 0.25) is 0 Å². The molecule has 0 aromatic carbocycles. The third-order valence-electron chi connectivity index (χ3n) is 2.45. The molecule has 1 aliphatic carbocycles. The molecule has 0 bridgehead atoms. The molecule has 2 atom stereocenters. The Balaban J connectivity index is 2.30. The quantitative estimate of drug-likeness (QED) is 0.745. The van der Waals surface area contributed by atoms with Gasteiger partial charge in [0.25, 0.3) is 0 Å². The molecule has 1 fully saturated rings. The van der Waals surface area contributed by atoms with Gasteiger partial charge in [-0.2, -0.15) is 0 Å². The molecule has 0 unspecified atom stereocenters. The number of carboxylic acid groups (broad SMARTS) is 1. The normalized spacial score (nSPS) is 25.3. The van der Waals surface area contributed by atoms with Crippen LogP contribution >= 0.6 is 0 Å². The number of aliphatic carboxylic acids is 1. The van der Waals surface area contributed by atoms with Crippen molar-refractivity contribution in [3.63, 3.8) is 0 Å². The first-order valence-corrected chi connectivity index (χ1v) is 5.19. The molecule has 86 valence electrons. The van der Waals surface area contributed by atoms with Crippen molar-refractivity contribution in [3.05, 3.63) is 0 Å². The van der Waals surface area contributed by atoms with Crippen LogP contribution in [0, 0.1) is 5.92 Å². The van der Waals surface area contributed by atoms with E-state index in [1.807, 2.05) is 0 Å². The second-order valence-corrected chi connectivity index (χ2v) is 4.14. The van der Waals surface area contributed by atoms with Crippen molar-refractivity contribution in [2.24, 2.45) is 5.92 Å². The Kier molecular flexibility index (Phi) is 3.94. The number of carbonyl (C=O) groups excluding carboxylic acids is 1. The first-order valence-electron chi connectivity index (χ1n) is 5.19. The van der Waals surface area contributed by atoms with Crippen molar-refractivity contribution in [1.29, 1.82) is 0 Å². The highest BCUT2D eigenvalue weighted by Crippen LogP contribution is 2.25. The Morgan fingerprint density at radius 2 is 2.07 bits per heavy atom. The Hall–Kier alpha value is -1.26. The summed E-state index contributed by atoms with van der Waals surface area (Å²) in [5.41, 5.74) is 0. The predicted molar refractivity (Wildman–Crippen MR) is 53.5 cm³/mol. The zero-order valence-electron chi connectivity index (χ0n) is 9.03. The van der Waals surface area contributed by atoms with Crippen molar-refractivity contribution < 1.29 is 19.4 Å². The van der Waals surface area contributed by atoms with Gasteiger partial charge in [-0.15, -0.1) is 0 Å². The lowest BCUT2D eigenvalue weighted by Crippen LogP contribution is -2.35. The van der Waals surface area contributed by atoms with Crippen LogP contribution in [-0.2, 0) is 9.53 Å². The lowest BCUT2D eigenvalue weighted by atomic mass is 10.1. The maximum atomic E-state index is 11.2. The van der Waals surface area contributed by atoms with Crippen LogP contribution < -0.4 is 5.32 Å². The molecule has 2 N–H and O–H groups in total. The Bertz CT molecular complexity index is 252. The summed E-state index contributed by atoms with van der Waals surface area (Å²) >= 11 is 0. The monoisotopic (exact) mass is 215 g/mol. The van der Waals surface area contributed by atoms with Crippen LogP contribution in [0.3, 0.4) is 0 Å². The van der Waals surface area contributed by atoms with E-state index in [2.05, 4.69) is 5.32 Å². The molecule has 5 nitrogen and oxygen atoms in total. The fourth-order valence-corrected chi connectivity index (χ4v) is 1.75. The number of alkyl carbamates (subject to hydrolysis) is 1. The number of nitrogens with one attached hydrogen (secondary N) is 1. The number of ether oxygens (including phenoxy) is 1. The van der Waals surface area contributed by atoms with Gasteiger partial charge in [0.15, 0.2) is 0 Å². The average molecular weight is 215 g/mol. The minimum Gasteiger partial charge on any atom is -0.481 e. The molecule has 15 heavy (non-hydrogen) atoms. The molecule has 0 aliphatic heterocycles. The van der Waals surface area contributed by atoms with E-state index in [0.717, 1.165) is 0 Å². The van der Waals surface area contributed by atoms with E-state index in [1.165, 1.54) is 0 Å². The van der Waals surface area contributed by atoms with Crippen LogP contribution in [0.5, 0.6) is 0 Å². The molecule has 0 saturated heterocycles. The van der Waals surface area contributed by atoms with Gasteiger partial charge < -0.3 is 15.2 Å². The Labute approximate surface area is 88.8 Å². The molecule has 1 saturated carbocycles. The van der Waals surface area contributed by atoms with Crippen molar-refractivity contribution in [2.45, 2.75) is 45.3 Å². The highest BCUT2D eigenvalue weighted by molar-refractivity contribution is 5.71. The van der Waals surface area contributed by atoms with Gasteiger partial charge in [0.2, 0.25) is 0 Å². The first kappa shape index (κ1) is 11.8. The van der Waals surface area contributed by atoms with E-state index in [1.54, 1.807) is 13.8 Å². The first-order chi connectivity index (χ1) is 6.99. The van der Waals surface area contributed by atoms with Gasteiger partial charge in [-0.3, -0.25) is 4.79 Å². The second-order valence-electron chi connectivity index (χ2n) is 4.14. The highest BCUT2D eigenvalue weighted by atomic mass is 16.6. The smallest absolute Gasteiger partial charge is 0.407 e. The molecular weight excluding hydrogens is 198 g/mol. The maximum Gasteiger partial charge on any atom is 0.407 e. The highest BCUT2D eigenvalue weighted by Gasteiger charge is 2.30. The summed E-state index contributed by atoms with van der Waals surface area (Å²) in [7, 11) is 0. The van der Waals surface area contributed by atoms with Gasteiger partial charge in [0.05, 0.1) is 12.0 Å². The van der Waals surface area contributed by atoms with Crippen LogP contribution in [0.4, 0.5) is 4.79 Å². The summed E-state index contributed by atoms with van der Waals surface area (Å²) in [6.07, 6.45) is 1.23. The zero-order chi connectivity index (χ0) is 11.4. The fourth-order valence-electron chi connectivity index (χ4n) is 1.75. The standard InChI is InChI=1S/C10H17NO4/c1-6(2)15-10(14)11-8-4-3-7(5-8)9(12)13/h6-8H,3-5H2,1-2H3,(H,11,14)(H,12,13)/t7-,8+/m1/s1. The Morgan fingerprint density at radius 3 is 2.53 bits per heavy atom. The van der Waals surface area contributed by atoms with Crippen molar-refractivity contribution in [2.75, 3.05) is 0 Å². The van der Waals surface area contributed by atoms with Gasteiger partial charge in [-0.25, -0.2) is 4.79 Å². The predicted octanol–water partition coefficient (Wildman–Crippen LogP) is 1.37. The molecular formula is C10H17NO4. The van der Waals surface area contributed by atoms with Gasteiger partial charge >= 0.3 is 12.1 Å². The van der Waals surface area contributed by atoms with Crippen molar-refractivity contribution >= 4 is 12.1 Å². The third kappa shape index (κ3) is 3.77. The Morgan fingerprint density at radius 1 is 1.40 bits per heavy atom. The van der Waals surface area contributed by atoms with E-state index in [4.69, 9.17) is 9.84 Å².